The Morgan fingerprint density at radius 2 is 1.18 bits per heavy atom. The molecular weight excluding hydrogens is 344 g/mol. The van der Waals surface area contributed by atoms with Crippen LogP contribution >= 0.6 is 0 Å². The smallest absolute Gasteiger partial charge is 0.198 e. The third-order valence-corrected chi connectivity index (χ3v) is 5.68. The van der Waals surface area contributed by atoms with E-state index in [0.29, 0.717) is 0 Å². The van der Waals surface area contributed by atoms with Crippen molar-refractivity contribution in [2.24, 2.45) is 0 Å². The van der Waals surface area contributed by atoms with Gasteiger partial charge in [-0.2, -0.15) is 0 Å². The largest absolute Gasteiger partial charge is 0.276 e. The summed E-state index contributed by atoms with van der Waals surface area (Å²) in [6.45, 7) is 0. The fraction of sp³-hybridized carbons (Fsp3) is 0. The molecule has 3 aromatic carbocycles. The molecule has 0 radical (unpaired) electrons. The minimum atomic E-state index is 0.775. The summed E-state index contributed by atoms with van der Waals surface area (Å²) >= 11 is 0. The average molecular weight is 358 g/mol. The number of hydrogen-bond acceptors (Lipinski definition) is 2. The minimum absolute atomic E-state index is 0.775. The molecule has 0 N–H and O–H groups in total. The van der Waals surface area contributed by atoms with E-state index in [0.717, 1.165) is 28.1 Å². The molecule has 0 unspecified atom stereocenters. The standard InChI is InChI=1S/C24H14N4/c1-3-7-18-15(5-1)9-10-17-12-14-21-26-23-24(28(21)22(17)18)27-19-8-4-2-6-16(19)11-13-20(27)25-23/h1-14H. The maximum Gasteiger partial charge on any atom is 0.198 e. The van der Waals surface area contributed by atoms with E-state index in [1.165, 1.54) is 27.1 Å². The van der Waals surface area contributed by atoms with Gasteiger partial charge in [0.25, 0.3) is 0 Å². The fourth-order valence-corrected chi connectivity index (χ4v) is 4.46. The Balaban J connectivity index is 1.86. The van der Waals surface area contributed by atoms with Crippen LogP contribution in [0.2, 0.25) is 0 Å². The lowest BCUT2D eigenvalue weighted by Crippen LogP contribution is -1.95. The van der Waals surface area contributed by atoms with Gasteiger partial charge in [0.05, 0.1) is 11.0 Å². The van der Waals surface area contributed by atoms with Gasteiger partial charge in [0.15, 0.2) is 11.3 Å². The number of fused-ring (bicyclic) bond motifs is 11. The molecule has 0 atom stereocenters. The lowest BCUT2D eigenvalue weighted by molar-refractivity contribution is 1.19. The summed E-state index contributed by atoms with van der Waals surface area (Å²) in [7, 11) is 0. The van der Waals surface area contributed by atoms with Crippen LogP contribution in [0.5, 0.6) is 0 Å². The highest BCUT2D eigenvalue weighted by molar-refractivity contribution is 6.08. The molecule has 0 spiro atoms. The maximum atomic E-state index is 4.85. The van der Waals surface area contributed by atoms with Crippen molar-refractivity contribution in [3.63, 3.8) is 0 Å². The average Bonchev–Trinajstić information content (AvgIpc) is 3.29. The van der Waals surface area contributed by atoms with Crippen LogP contribution in [0.25, 0.3) is 55.2 Å². The predicted molar refractivity (Wildman–Crippen MR) is 114 cm³/mol. The molecule has 4 nitrogen and oxygen atoms in total. The number of para-hydroxylation sites is 1. The van der Waals surface area contributed by atoms with Crippen LogP contribution in [0.4, 0.5) is 0 Å². The van der Waals surface area contributed by atoms with E-state index in [1.54, 1.807) is 0 Å². The SMILES string of the molecule is c1ccc2c(c1)ccc1ccc3nc4nc5ccc6ccccc6n5c4n3c12. The first-order valence-electron chi connectivity index (χ1n) is 9.37. The van der Waals surface area contributed by atoms with Crippen molar-refractivity contribution in [2.75, 3.05) is 0 Å². The maximum absolute atomic E-state index is 4.85. The van der Waals surface area contributed by atoms with Crippen molar-refractivity contribution in [2.45, 2.75) is 0 Å². The van der Waals surface area contributed by atoms with Crippen molar-refractivity contribution in [1.82, 2.24) is 18.8 Å². The quantitative estimate of drug-likeness (QED) is 0.331. The van der Waals surface area contributed by atoms with E-state index < -0.39 is 0 Å². The molecule has 0 saturated carbocycles. The molecule has 0 fully saturated rings. The van der Waals surface area contributed by atoms with E-state index in [1.807, 2.05) is 0 Å². The number of rotatable bonds is 0. The Bertz CT molecular complexity index is 1710. The Labute approximate surface area is 159 Å². The van der Waals surface area contributed by atoms with Gasteiger partial charge in [-0.15, -0.1) is 0 Å². The summed E-state index contributed by atoms with van der Waals surface area (Å²) < 4.78 is 4.49. The highest BCUT2D eigenvalue weighted by atomic mass is 15.2. The van der Waals surface area contributed by atoms with Crippen LogP contribution in [0, 0.1) is 0 Å². The third kappa shape index (κ3) is 1.65. The molecule has 4 aromatic heterocycles. The number of hydrogen-bond donors (Lipinski definition) is 0. The first-order valence-corrected chi connectivity index (χ1v) is 9.37. The van der Waals surface area contributed by atoms with E-state index >= 15 is 0 Å². The van der Waals surface area contributed by atoms with Gasteiger partial charge in [-0.05, 0) is 46.5 Å². The highest BCUT2D eigenvalue weighted by Crippen LogP contribution is 2.31. The van der Waals surface area contributed by atoms with Gasteiger partial charge in [-0.3, -0.25) is 8.80 Å². The number of nitrogens with zero attached hydrogens (tertiary/aromatic N) is 4. The topological polar surface area (TPSA) is 34.6 Å². The van der Waals surface area contributed by atoms with Crippen LogP contribution in [0.15, 0.2) is 84.9 Å². The van der Waals surface area contributed by atoms with E-state index in [9.17, 15) is 0 Å². The number of imidazole rings is 2. The highest BCUT2D eigenvalue weighted by Gasteiger charge is 2.16. The molecule has 4 heterocycles. The second-order valence-electron chi connectivity index (χ2n) is 7.21. The second-order valence-corrected chi connectivity index (χ2v) is 7.21. The first-order chi connectivity index (χ1) is 13.9. The molecular formula is C24H14N4. The zero-order chi connectivity index (χ0) is 18.2. The van der Waals surface area contributed by atoms with Crippen LogP contribution in [-0.4, -0.2) is 18.8 Å². The third-order valence-electron chi connectivity index (χ3n) is 5.68. The molecule has 0 bridgehead atoms. The fourth-order valence-electron chi connectivity index (χ4n) is 4.46. The molecule has 0 aliphatic heterocycles. The Morgan fingerprint density at radius 3 is 2.07 bits per heavy atom. The van der Waals surface area contributed by atoms with Gasteiger partial charge < -0.3 is 0 Å². The van der Waals surface area contributed by atoms with Gasteiger partial charge in [-0.1, -0.05) is 54.6 Å². The molecule has 0 saturated heterocycles. The van der Waals surface area contributed by atoms with Gasteiger partial charge in [-0.25, -0.2) is 9.97 Å². The van der Waals surface area contributed by atoms with E-state index in [4.69, 9.17) is 9.97 Å². The summed E-state index contributed by atoms with van der Waals surface area (Å²) in [5, 5.41) is 4.83. The summed E-state index contributed by atoms with van der Waals surface area (Å²) in [4.78, 5) is 9.67. The molecule has 0 aliphatic carbocycles. The van der Waals surface area contributed by atoms with Gasteiger partial charge in [0.2, 0.25) is 0 Å². The predicted octanol–water partition coefficient (Wildman–Crippen LogP) is 5.59. The number of pyridine rings is 2. The second kappa shape index (κ2) is 4.87. The summed E-state index contributed by atoms with van der Waals surface area (Å²) in [5.74, 6) is 0. The molecule has 0 amide bonds. The number of aromatic nitrogens is 4. The number of benzene rings is 3. The molecule has 4 heteroatoms. The van der Waals surface area contributed by atoms with Gasteiger partial charge in [0.1, 0.15) is 11.3 Å². The minimum Gasteiger partial charge on any atom is -0.276 e. The van der Waals surface area contributed by atoms with Crippen LogP contribution in [-0.2, 0) is 0 Å². The van der Waals surface area contributed by atoms with Crippen molar-refractivity contribution in [3.8, 4) is 0 Å². The van der Waals surface area contributed by atoms with E-state index in [-0.39, 0.29) is 0 Å². The van der Waals surface area contributed by atoms with Crippen LogP contribution in [0.1, 0.15) is 0 Å². The van der Waals surface area contributed by atoms with Crippen LogP contribution in [0.3, 0.4) is 0 Å². The summed E-state index contributed by atoms with van der Waals surface area (Å²) in [6, 6.07) is 29.7. The molecule has 28 heavy (non-hydrogen) atoms. The summed E-state index contributed by atoms with van der Waals surface area (Å²) in [5.41, 5.74) is 5.95. The Hall–Kier alpha value is -3.92. The van der Waals surface area contributed by atoms with Crippen LogP contribution < -0.4 is 0 Å². The zero-order valence-electron chi connectivity index (χ0n) is 14.9. The lowest BCUT2D eigenvalue weighted by Gasteiger charge is -2.09. The summed E-state index contributed by atoms with van der Waals surface area (Å²) in [6.07, 6.45) is 0. The van der Waals surface area contributed by atoms with Gasteiger partial charge in [0, 0.05) is 5.39 Å². The van der Waals surface area contributed by atoms with E-state index in [2.05, 4.69) is 93.7 Å². The van der Waals surface area contributed by atoms with Gasteiger partial charge >= 0.3 is 0 Å². The van der Waals surface area contributed by atoms with Crippen molar-refractivity contribution in [3.05, 3.63) is 84.9 Å². The lowest BCUT2D eigenvalue weighted by atomic mass is 10.1. The Kier molecular flexibility index (Phi) is 2.46. The zero-order valence-corrected chi connectivity index (χ0v) is 14.9. The first kappa shape index (κ1) is 14.2. The molecule has 7 rings (SSSR count). The van der Waals surface area contributed by atoms with Crippen molar-refractivity contribution in [1.29, 1.82) is 0 Å². The van der Waals surface area contributed by atoms with Crippen molar-refractivity contribution >= 4 is 55.2 Å². The normalized spacial score (nSPS) is 12.3. The Morgan fingerprint density at radius 1 is 0.536 bits per heavy atom. The monoisotopic (exact) mass is 358 g/mol. The molecule has 7 aromatic rings. The van der Waals surface area contributed by atoms with Crippen molar-refractivity contribution < 1.29 is 0 Å². The molecule has 0 aliphatic rings. The molecule has 130 valence electrons.